The van der Waals surface area contributed by atoms with E-state index in [-0.39, 0.29) is 30.3 Å². The van der Waals surface area contributed by atoms with Crippen molar-refractivity contribution in [3.05, 3.63) is 47.7 Å². The number of rotatable bonds is 3. The van der Waals surface area contributed by atoms with Gasteiger partial charge >= 0.3 is 0 Å². The Morgan fingerprint density at radius 3 is 2.35 bits per heavy atom. The summed E-state index contributed by atoms with van der Waals surface area (Å²) in [5.41, 5.74) is 0.890. The summed E-state index contributed by atoms with van der Waals surface area (Å²) in [7, 11) is 0. The summed E-state index contributed by atoms with van der Waals surface area (Å²) in [5, 5.41) is 19.4. The van der Waals surface area contributed by atoms with Crippen molar-refractivity contribution in [2.75, 3.05) is 6.54 Å². The summed E-state index contributed by atoms with van der Waals surface area (Å²) < 4.78 is 5.76. The van der Waals surface area contributed by atoms with Crippen LogP contribution in [0.3, 0.4) is 0 Å². The van der Waals surface area contributed by atoms with Crippen molar-refractivity contribution in [1.29, 1.82) is 0 Å². The number of carbonyl (C=O) groups is 3. The van der Waals surface area contributed by atoms with Crippen LogP contribution in [0.2, 0.25) is 0 Å². The van der Waals surface area contributed by atoms with Crippen LogP contribution in [0.15, 0.2) is 34.7 Å². The summed E-state index contributed by atoms with van der Waals surface area (Å²) in [5.74, 6) is -0.598. The molecular formula is C21H28N6O4. The van der Waals surface area contributed by atoms with Crippen LogP contribution in [-0.4, -0.2) is 46.5 Å². The van der Waals surface area contributed by atoms with E-state index in [4.69, 9.17) is 4.42 Å². The van der Waals surface area contributed by atoms with Gasteiger partial charge < -0.3 is 20.4 Å². The maximum Gasteiger partial charge on any atom is 0.243 e. The number of nitrogens with one attached hydrogen (secondary N) is 4. The molecule has 31 heavy (non-hydrogen) atoms. The van der Waals surface area contributed by atoms with Gasteiger partial charge in [-0.25, -0.2) is 0 Å². The zero-order chi connectivity index (χ0) is 22.4. The minimum Gasteiger partial charge on any atom is -0.421 e. The SMILES string of the molecule is CCC1N[C@@H](C)C(=O)NCC(=O)N[C@@H](Cc2ccccc2)C(=O)N[C@@H](C)c2nnc1o2. The average molecular weight is 428 g/mol. The van der Waals surface area contributed by atoms with Crippen LogP contribution in [0.5, 0.6) is 0 Å². The lowest BCUT2D eigenvalue weighted by Crippen LogP contribution is -2.52. The van der Waals surface area contributed by atoms with Crippen LogP contribution in [0.1, 0.15) is 56.6 Å². The van der Waals surface area contributed by atoms with Crippen molar-refractivity contribution < 1.29 is 18.8 Å². The van der Waals surface area contributed by atoms with E-state index in [0.29, 0.717) is 18.7 Å². The highest BCUT2D eigenvalue weighted by Gasteiger charge is 2.28. The van der Waals surface area contributed by atoms with Crippen molar-refractivity contribution in [2.45, 2.75) is 57.8 Å². The standard InChI is InChI=1S/C21H28N6O4/c1-4-15-21-27-26-20(31-21)13(3)24-19(30)16(10-14-8-6-5-7-9-14)25-17(28)11-22-18(29)12(2)23-15/h5-9,12-13,15-16,23H,4,10-11H2,1-3H3,(H,22,29)(H,24,30)(H,25,28)/t12-,13-,15?,16-/m0/s1. The van der Waals surface area contributed by atoms with E-state index in [0.717, 1.165) is 5.56 Å². The van der Waals surface area contributed by atoms with Gasteiger partial charge in [0.15, 0.2) is 0 Å². The molecule has 10 heteroatoms. The maximum absolute atomic E-state index is 13.0. The number of carbonyl (C=O) groups excluding carboxylic acids is 3. The highest BCUT2D eigenvalue weighted by atomic mass is 16.4. The molecule has 0 fully saturated rings. The quantitative estimate of drug-likeness (QED) is 0.559. The van der Waals surface area contributed by atoms with E-state index in [1.54, 1.807) is 13.8 Å². The smallest absolute Gasteiger partial charge is 0.243 e. The Labute approximate surface area is 180 Å². The van der Waals surface area contributed by atoms with Crippen molar-refractivity contribution in [2.24, 2.45) is 0 Å². The second kappa shape index (κ2) is 10.2. The van der Waals surface area contributed by atoms with Gasteiger partial charge in [0.25, 0.3) is 0 Å². The van der Waals surface area contributed by atoms with Gasteiger partial charge in [0.05, 0.1) is 18.6 Å². The molecule has 1 aromatic carbocycles. The predicted octanol–water partition coefficient (Wildman–Crippen LogP) is 0.533. The fourth-order valence-corrected chi connectivity index (χ4v) is 3.30. The molecule has 0 aliphatic carbocycles. The number of nitrogens with zero attached hydrogens (tertiary/aromatic N) is 2. The first kappa shape index (κ1) is 22.4. The highest BCUT2D eigenvalue weighted by Crippen LogP contribution is 2.19. The Balaban J connectivity index is 1.86. The molecule has 3 rings (SSSR count). The van der Waals surface area contributed by atoms with Gasteiger partial charge in [-0.05, 0) is 25.8 Å². The fraction of sp³-hybridized carbons (Fsp3) is 0.476. The highest BCUT2D eigenvalue weighted by molar-refractivity contribution is 5.91. The number of aromatic nitrogens is 2. The van der Waals surface area contributed by atoms with Crippen molar-refractivity contribution >= 4 is 17.7 Å². The third-order valence-corrected chi connectivity index (χ3v) is 5.09. The van der Waals surface area contributed by atoms with Gasteiger partial charge in [-0.1, -0.05) is 37.3 Å². The average Bonchev–Trinajstić information content (AvgIpc) is 3.25. The monoisotopic (exact) mass is 428 g/mol. The minimum absolute atomic E-state index is 0.236. The molecule has 2 aromatic rings. The van der Waals surface area contributed by atoms with E-state index < -0.39 is 24.0 Å². The molecule has 3 amide bonds. The summed E-state index contributed by atoms with van der Waals surface area (Å²) >= 11 is 0. The second-order valence-electron chi connectivity index (χ2n) is 7.59. The molecule has 0 saturated heterocycles. The molecule has 1 aromatic heterocycles. The summed E-state index contributed by atoms with van der Waals surface area (Å²) in [6.45, 7) is 5.11. The molecule has 4 N–H and O–H groups in total. The summed E-state index contributed by atoms with van der Waals surface area (Å²) in [6, 6.07) is 7.05. The first-order valence-electron chi connectivity index (χ1n) is 10.4. The Hall–Kier alpha value is -3.27. The van der Waals surface area contributed by atoms with Crippen molar-refractivity contribution in [3.8, 4) is 0 Å². The number of fused-ring (bicyclic) bond motifs is 2. The molecule has 1 aliphatic rings. The van der Waals surface area contributed by atoms with Crippen LogP contribution < -0.4 is 21.3 Å². The molecule has 1 unspecified atom stereocenters. The molecule has 0 radical (unpaired) electrons. The van der Waals surface area contributed by atoms with Gasteiger partial charge in [-0.2, -0.15) is 0 Å². The van der Waals surface area contributed by atoms with Crippen LogP contribution in [0.25, 0.3) is 0 Å². The lowest BCUT2D eigenvalue weighted by Gasteiger charge is -2.21. The first-order valence-corrected chi connectivity index (χ1v) is 10.4. The van der Waals surface area contributed by atoms with E-state index in [2.05, 4.69) is 31.5 Å². The third kappa shape index (κ3) is 5.88. The van der Waals surface area contributed by atoms with Crippen molar-refractivity contribution in [1.82, 2.24) is 31.5 Å². The van der Waals surface area contributed by atoms with Gasteiger partial charge in [-0.15, -0.1) is 10.2 Å². The van der Waals surface area contributed by atoms with Gasteiger partial charge in [0, 0.05) is 6.42 Å². The third-order valence-electron chi connectivity index (χ3n) is 5.09. The zero-order valence-electron chi connectivity index (χ0n) is 17.8. The molecule has 0 saturated carbocycles. The van der Waals surface area contributed by atoms with E-state index in [1.165, 1.54) is 0 Å². The van der Waals surface area contributed by atoms with Gasteiger partial charge in [0.2, 0.25) is 29.5 Å². The van der Waals surface area contributed by atoms with Gasteiger partial charge in [-0.3, -0.25) is 19.7 Å². The largest absolute Gasteiger partial charge is 0.421 e. The molecule has 0 spiro atoms. The molecule has 1 aliphatic heterocycles. The van der Waals surface area contributed by atoms with Crippen molar-refractivity contribution in [3.63, 3.8) is 0 Å². The van der Waals surface area contributed by atoms with Crippen LogP contribution >= 0.6 is 0 Å². The molecular weight excluding hydrogens is 400 g/mol. The fourth-order valence-electron chi connectivity index (χ4n) is 3.30. The Morgan fingerprint density at radius 2 is 1.65 bits per heavy atom. The van der Waals surface area contributed by atoms with Crippen LogP contribution in [0, 0.1) is 0 Å². The molecule has 166 valence electrons. The number of benzene rings is 1. The Morgan fingerprint density at radius 1 is 0.935 bits per heavy atom. The normalized spacial score (nSPS) is 25.6. The molecule has 2 heterocycles. The topological polar surface area (TPSA) is 138 Å². The predicted molar refractivity (Wildman–Crippen MR) is 112 cm³/mol. The second-order valence-corrected chi connectivity index (χ2v) is 7.59. The lowest BCUT2D eigenvalue weighted by molar-refractivity contribution is -0.130. The molecule has 4 atom stereocenters. The van der Waals surface area contributed by atoms with Gasteiger partial charge in [0.1, 0.15) is 12.1 Å². The van der Waals surface area contributed by atoms with Crippen LogP contribution in [-0.2, 0) is 20.8 Å². The Bertz CT molecular complexity index is 916. The first-order chi connectivity index (χ1) is 14.9. The van der Waals surface area contributed by atoms with E-state index in [1.807, 2.05) is 37.3 Å². The number of hydrogen-bond acceptors (Lipinski definition) is 7. The van der Waals surface area contributed by atoms with Crippen LogP contribution in [0.4, 0.5) is 0 Å². The molecule has 10 nitrogen and oxygen atoms in total. The minimum atomic E-state index is -0.833. The van der Waals surface area contributed by atoms with E-state index >= 15 is 0 Å². The number of amides is 3. The summed E-state index contributed by atoms with van der Waals surface area (Å²) in [6.07, 6.45) is 0.906. The maximum atomic E-state index is 13.0. The number of hydrogen-bond donors (Lipinski definition) is 4. The summed E-state index contributed by atoms with van der Waals surface area (Å²) in [4.78, 5) is 37.8. The van der Waals surface area contributed by atoms with E-state index in [9.17, 15) is 14.4 Å². The molecule has 2 bridgehead atoms. The zero-order valence-corrected chi connectivity index (χ0v) is 17.8. The lowest BCUT2D eigenvalue weighted by atomic mass is 10.0. The Kier molecular flexibility index (Phi) is 7.35.